The molecule has 0 unspecified atom stereocenters. The lowest BCUT2D eigenvalue weighted by molar-refractivity contribution is -0.671. The number of primary amides is 1. The minimum Gasteiger partial charge on any atom is -0.398 e. The highest BCUT2D eigenvalue weighted by atomic mass is 16.1. The van der Waals surface area contributed by atoms with Gasteiger partial charge in [-0.05, 0) is 0 Å². The Kier molecular flexibility index (Phi) is 1.76. The van der Waals surface area contributed by atoms with Gasteiger partial charge in [0, 0.05) is 6.07 Å². The highest BCUT2D eigenvalue weighted by Gasteiger charge is 2.08. The molecule has 0 aliphatic heterocycles. The van der Waals surface area contributed by atoms with Crippen molar-refractivity contribution in [2.24, 2.45) is 12.8 Å². The molecule has 1 aromatic heterocycles. The van der Waals surface area contributed by atoms with Gasteiger partial charge in [0.1, 0.15) is 12.6 Å². The van der Waals surface area contributed by atoms with Gasteiger partial charge >= 0.3 is 0 Å². The molecule has 11 heavy (non-hydrogen) atoms. The van der Waals surface area contributed by atoms with E-state index in [-0.39, 0.29) is 0 Å². The number of nitrogens with two attached hydrogens (primary N) is 2. The van der Waals surface area contributed by atoms with E-state index < -0.39 is 5.91 Å². The SMILES string of the molecule is C[n+]1ccc(N)c(C(N)=O)c1. The van der Waals surface area contributed by atoms with Gasteiger partial charge in [0.2, 0.25) is 0 Å². The maximum Gasteiger partial charge on any atom is 0.256 e. The van der Waals surface area contributed by atoms with Gasteiger partial charge in [0.05, 0.1) is 5.69 Å². The summed E-state index contributed by atoms with van der Waals surface area (Å²) < 4.78 is 1.72. The van der Waals surface area contributed by atoms with Gasteiger partial charge in [-0.3, -0.25) is 4.79 Å². The topological polar surface area (TPSA) is 73.0 Å². The number of nitrogens with zero attached hydrogens (tertiary/aromatic N) is 1. The van der Waals surface area contributed by atoms with E-state index >= 15 is 0 Å². The number of amides is 1. The van der Waals surface area contributed by atoms with Gasteiger partial charge in [0.25, 0.3) is 5.91 Å². The van der Waals surface area contributed by atoms with E-state index in [0.717, 1.165) is 0 Å². The second-order valence-electron chi connectivity index (χ2n) is 2.34. The van der Waals surface area contributed by atoms with E-state index in [1.54, 1.807) is 30.1 Å². The molecule has 0 saturated heterocycles. The lowest BCUT2D eigenvalue weighted by Crippen LogP contribution is -2.30. The fourth-order valence-corrected chi connectivity index (χ4v) is 0.815. The molecule has 0 atom stereocenters. The summed E-state index contributed by atoms with van der Waals surface area (Å²) in [5.74, 6) is -0.501. The molecule has 0 spiro atoms. The number of pyridine rings is 1. The minimum atomic E-state index is -0.501. The molecule has 0 bridgehead atoms. The summed E-state index contributed by atoms with van der Waals surface area (Å²) in [6, 6.07) is 1.64. The van der Waals surface area contributed by atoms with E-state index in [4.69, 9.17) is 11.5 Å². The number of aromatic nitrogens is 1. The lowest BCUT2D eigenvalue weighted by atomic mass is 10.2. The summed E-state index contributed by atoms with van der Waals surface area (Å²) in [5.41, 5.74) is 11.3. The fourth-order valence-electron chi connectivity index (χ4n) is 0.815. The zero-order valence-electron chi connectivity index (χ0n) is 6.24. The monoisotopic (exact) mass is 152 g/mol. The van der Waals surface area contributed by atoms with Crippen LogP contribution in [0, 0.1) is 0 Å². The minimum absolute atomic E-state index is 0.356. The van der Waals surface area contributed by atoms with Crippen molar-refractivity contribution >= 4 is 11.6 Å². The Morgan fingerprint density at radius 3 is 2.73 bits per heavy atom. The molecule has 0 aliphatic rings. The maximum atomic E-state index is 10.7. The average Bonchev–Trinajstić information content (AvgIpc) is 1.94. The van der Waals surface area contributed by atoms with Crippen molar-refractivity contribution in [3.05, 3.63) is 24.0 Å². The van der Waals surface area contributed by atoms with Crippen molar-refractivity contribution < 1.29 is 9.36 Å². The molecule has 4 N–H and O–H groups in total. The highest BCUT2D eigenvalue weighted by molar-refractivity contribution is 5.97. The normalized spacial score (nSPS) is 9.55. The Bertz CT molecular complexity index is 296. The highest BCUT2D eigenvalue weighted by Crippen LogP contribution is 2.05. The van der Waals surface area contributed by atoms with E-state index in [1.807, 2.05) is 0 Å². The van der Waals surface area contributed by atoms with E-state index in [2.05, 4.69) is 0 Å². The molecule has 1 rings (SSSR count). The predicted octanol–water partition coefficient (Wildman–Crippen LogP) is -0.808. The van der Waals surface area contributed by atoms with E-state index in [9.17, 15) is 4.79 Å². The Morgan fingerprint density at radius 2 is 2.27 bits per heavy atom. The van der Waals surface area contributed by atoms with Crippen molar-refractivity contribution in [1.29, 1.82) is 0 Å². The molecular formula is C7H10N3O+. The molecule has 58 valence electrons. The summed E-state index contributed by atoms with van der Waals surface area (Å²) in [7, 11) is 1.80. The number of rotatable bonds is 1. The number of carbonyl (C=O) groups is 1. The van der Waals surface area contributed by atoms with Crippen LogP contribution in [0.25, 0.3) is 0 Å². The predicted molar refractivity (Wildman–Crippen MR) is 40.5 cm³/mol. The van der Waals surface area contributed by atoms with Crippen molar-refractivity contribution in [1.82, 2.24) is 0 Å². The van der Waals surface area contributed by atoms with Gasteiger partial charge in [-0.1, -0.05) is 0 Å². The molecule has 0 aromatic carbocycles. The summed E-state index contributed by atoms with van der Waals surface area (Å²) in [5, 5.41) is 0. The summed E-state index contributed by atoms with van der Waals surface area (Å²) in [6.07, 6.45) is 3.35. The van der Waals surface area contributed by atoms with Crippen LogP contribution in [0.5, 0.6) is 0 Å². The van der Waals surface area contributed by atoms with Crippen LogP contribution in [0.3, 0.4) is 0 Å². The maximum absolute atomic E-state index is 10.7. The fraction of sp³-hybridized carbons (Fsp3) is 0.143. The Balaban J connectivity index is 3.23. The Labute approximate surface area is 64.4 Å². The van der Waals surface area contributed by atoms with Gasteiger partial charge in [-0.2, -0.15) is 0 Å². The second-order valence-corrected chi connectivity index (χ2v) is 2.34. The largest absolute Gasteiger partial charge is 0.398 e. The van der Waals surface area contributed by atoms with E-state index in [0.29, 0.717) is 11.3 Å². The summed E-state index contributed by atoms with van der Waals surface area (Å²) >= 11 is 0. The molecule has 1 heterocycles. The third kappa shape index (κ3) is 1.46. The summed E-state index contributed by atoms with van der Waals surface area (Å²) in [6.45, 7) is 0. The number of hydrogen-bond acceptors (Lipinski definition) is 2. The first kappa shape index (κ1) is 7.53. The molecule has 1 aromatic rings. The lowest BCUT2D eigenvalue weighted by Gasteiger charge is -1.96. The quantitative estimate of drug-likeness (QED) is 0.517. The van der Waals surface area contributed by atoms with Gasteiger partial charge in [-0.25, -0.2) is 4.57 Å². The number of aryl methyl sites for hydroxylation is 1. The van der Waals surface area contributed by atoms with Crippen LogP contribution in [0.4, 0.5) is 5.69 Å². The van der Waals surface area contributed by atoms with Gasteiger partial charge in [0.15, 0.2) is 12.4 Å². The van der Waals surface area contributed by atoms with Crippen LogP contribution in [-0.2, 0) is 7.05 Å². The smallest absolute Gasteiger partial charge is 0.256 e. The first-order valence-corrected chi connectivity index (χ1v) is 3.16. The number of hydrogen-bond donors (Lipinski definition) is 2. The molecular weight excluding hydrogens is 142 g/mol. The average molecular weight is 152 g/mol. The van der Waals surface area contributed by atoms with Crippen LogP contribution < -0.4 is 16.0 Å². The molecule has 0 radical (unpaired) electrons. The van der Waals surface area contributed by atoms with Crippen LogP contribution >= 0.6 is 0 Å². The zero-order chi connectivity index (χ0) is 8.43. The first-order chi connectivity index (χ1) is 5.11. The van der Waals surface area contributed by atoms with Crippen molar-refractivity contribution in [3.63, 3.8) is 0 Å². The zero-order valence-corrected chi connectivity index (χ0v) is 6.24. The molecule has 4 heteroatoms. The Hall–Kier alpha value is -1.58. The number of carbonyl (C=O) groups excluding carboxylic acids is 1. The first-order valence-electron chi connectivity index (χ1n) is 3.16. The molecule has 1 amide bonds. The number of anilines is 1. The molecule has 0 saturated carbocycles. The van der Waals surface area contributed by atoms with Crippen molar-refractivity contribution in [3.8, 4) is 0 Å². The third-order valence-electron chi connectivity index (χ3n) is 1.40. The Morgan fingerprint density at radius 1 is 1.64 bits per heavy atom. The van der Waals surface area contributed by atoms with Crippen LogP contribution in [0.15, 0.2) is 18.5 Å². The van der Waals surface area contributed by atoms with E-state index in [1.165, 1.54) is 0 Å². The second kappa shape index (κ2) is 2.57. The van der Waals surface area contributed by atoms with Crippen molar-refractivity contribution in [2.45, 2.75) is 0 Å². The standard InChI is InChI=1S/C7H9N3O/c1-10-3-2-6(8)5(4-10)7(9)11/h2-4,8H,1H3,(H2,9,11)/p+1. The van der Waals surface area contributed by atoms with Crippen molar-refractivity contribution in [2.75, 3.05) is 5.73 Å². The van der Waals surface area contributed by atoms with Crippen LogP contribution in [0.2, 0.25) is 0 Å². The van der Waals surface area contributed by atoms with Gasteiger partial charge in [-0.15, -0.1) is 0 Å². The number of nitrogen functional groups attached to an aromatic ring is 1. The van der Waals surface area contributed by atoms with Crippen LogP contribution in [-0.4, -0.2) is 5.91 Å². The molecule has 0 aliphatic carbocycles. The van der Waals surface area contributed by atoms with Crippen LogP contribution in [0.1, 0.15) is 10.4 Å². The van der Waals surface area contributed by atoms with Gasteiger partial charge < -0.3 is 11.5 Å². The third-order valence-corrected chi connectivity index (χ3v) is 1.40. The molecule has 4 nitrogen and oxygen atoms in total. The molecule has 0 fully saturated rings. The summed E-state index contributed by atoms with van der Waals surface area (Å²) in [4.78, 5) is 10.7.